The maximum atomic E-state index is 12.7. The van der Waals surface area contributed by atoms with Crippen LogP contribution in [0.4, 0.5) is 5.69 Å². The van der Waals surface area contributed by atoms with Crippen LogP contribution in [0.1, 0.15) is 26.3 Å². The molecule has 9 heteroatoms. The smallest absolute Gasteiger partial charge is 0.339 e. The summed E-state index contributed by atoms with van der Waals surface area (Å²) < 4.78 is 15.6. The number of hydrogen-bond acceptors (Lipinski definition) is 8. The van der Waals surface area contributed by atoms with E-state index in [0.29, 0.717) is 27.6 Å². The zero-order valence-electron chi connectivity index (χ0n) is 19.1. The van der Waals surface area contributed by atoms with Gasteiger partial charge in [0.1, 0.15) is 11.5 Å². The van der Waals surface area contributed by atoms with Crippen molar-refractivity contribution in [3.05, 3.63) is 83.4 Å². The summed E-state index contributed by atoms with van der Waals surface area (Å²) in [6.07, 6.45) is 0. The lowest BCUT2D eigenvalue weighted by Crippen LogP contribution is -2.16. The number of hydrogen-bond donors (Lipinski definition) is 1. The summed E-state index contributed by atoms with van der Waals surface area (Å²) in [7, 11) is 2.92. The molecule has 0 aromatic heterocycles. The topological polar surface area (TPSA) is 115 Å². The maximum Gasteiger partial charge on any atom is 0.339 e. The lowest BCUT2D eigenvalue weighted by molar-refractivity contribution is -0.113. The largest absolute Gasteiger partial charge is 0.497 e. The van der Waals surface area contributed by atoms with Crippen molar-refractivity contribution in [1.29, 1.82) is 5.26 Å². The third-order valence-corrected chi connectivity index (χ3v) is 5.86. The van der Waals surface area contributed by atoms with Crippen molar-refractivity contribution >= 4 is 35.1 Å². The first-order valence-electron chi connectivity index (χ1n) is 10.4. The number of ketones is 1. The van der Waals surface area contributed by atoms with E-state index in [1.54, 1.807) is 60.7 Å². The fraction of sp³-hybridized carbons (Fsp3) is 0.154. The summed E-state index contributed by atoms with van der Waals surface area (Å²) in [6.45, 7) is -0.489. The lowest BCUT2D eigenvalue weighted by Gasteiger charge is -2.11. The van der Waals surface area contributed by atoms with E-state index in [4.69, 9.17) is 19.5 Å². The molecule has 0 heterocycles. The number of thioether (sulfide) groups is 1. The number of ether oxygens (including phenoxy) is 3. The number of rotatable bonds is 10. The van der Waals surface area contributed by atoms with Crippen LogP contribution in [0.15, 0.2) is 71.6 Å². The Morgan fingerprint density at radius 3 is 2.49 bits per heavy atom. The van der Waals surface area contributed by atoms with Crippen molar-refractivity contribution in [1.82, 2.24) is 0 Å². The number of carbonyl (C=O) groups is 3. The highest BCUT2D eigenvalue weighted by Crippen LogP contribution is 2.26. The number of benzene rings is 3. The van der Waals surface area contributed by atoms with Crippen LogP contribution in [0.2, 0.25) is 0 Å². The third kappa shape index (κ3) is 6.85. The van der Waals surface area contributed by atoms with Crippen molar-refractivity contribution < 1.29 is 28.6 Å². The molecule has 3 aromatic carbocycles. The van der Waals surface area contributed by atoms with Crippen LogP contribution in [0.5, 0.6) is 11.5 Å². The van der Waals surface area contributed by atoms with E-state index in [1.807, 2.05) is 6.07 Å². The van der Waals surface area contributed by atoms with Gasteiger partial charge in [0.2, 0.25) is 11.7 Å². The molecule has 0 atom stereocenters. The van der Waals surface area contributed by atoms with Gasteiger partial charge in [-0.2, -0.15) is 5.26 Å². The number of anilines is 1. The minimum absolute atomic E-state index is 0.0288. The van der Waals surface area contributed by atoms with Crippen LogP contribution in [0, 0.1) is 11.3 Å². The van der Waals surface area contributed by atoms with Gasteiger partial charge in [-0.25, -0.2) is 4.79 Å². The van der Waals surface area contributed by atoms with E-state index in [2.05, 4.69) is 5.32 Å². The molecule has 0 saturated heterocycles. The Bertz CT molecular complexity index is 1280. The zero-order valence-corrected chi connectivity index (χ0v) is 19.9. The summed E-state index contributed by atoms with van der Waals surface area (Å²) >= 11 is 1.15. The number of amides is 1. The number of Topliss-reactive ketones (excluding diaryl/α,β-unsaturated/α-hetero) is 1. The van der Waals surface area contributed by atoms with E-state index < -0.39 is 18.4 Å². The molecule has 0 aliphatic rings. The fourth-order valence-electron chi connectivity index (χ4n) is 3.09. The van der Waals surface area contributed by atoms with E-state index >= 15 is 0 Å². The van der Waals surface area contributed by atoms with Gasteiger partial charge < -0.3 is 19.5 Å². The molecule has 8 nitrogen and oxygen atoms in total. The second-order valence-electron chi connectivity index (χ2n) is 7.09. The molecule has 0 spiro atoms. The van der Waals surface area contributed by atoms with Crippen molar-refractivity contribution in [3.63, 3.8) is 0 Å². The molecule has 178 valence electrons. The summed E-state index contributed by atoms with van der Waals surface area (Å²) in [4.78, 5) is 38.3. The highest BCUT2D eigenvalue weighted by molar-refractivity contribution is 8.00. The molecule has 3 aromatic rings. The first-order valence-corrected chi connectivity index (χ1v) is 11.4. The monoisotopic (exact) mass is 490 g/mol. The van der Waals surface area contributed by atoms with Crippen LogP contribution < -0.4 is 14.8 Å². The van der Waals surface area contributed by atoms with Gasteiger partial charge >= 0.3 is 5.97 Å². The van der Waals surface area contributed by atoms with Gasteiger partial charge in [0.15, 0.2) is 6.61 Å². The van der Waals surface area contributed by atoms with Crippen LogP contribution in [0.3, 0.4) is 0 Å². The Labute approximate surface area is 206 Å². The highest BCUT2D eigenvalue weighted by atomic mass is 32.2. The van der Waals surface area contributed by atoms with Crippen LogP contribution in [-0.2, 0) is 9.53 Å². The fourth-order valence-corrected chi connectivity index (χ4v) is 3.93. The Morgan fingerprint density at radius 2 is 1.74 bits per heavy atom. The highest BCUT2D eigenvalue weighted by Gasteiger charge is 2.19. The molecule has 1 N–H and O–H groups in total. The number of nitrogens with one attached hydrogen (secondary N) is 1. The van der Waals surface area contributed by atoms with E-state index in [1.165, 1.54) is 20.3 Å². The Hall–Kier alpha value is -4.29. The molecule has 1 amide bonds. The molecule has 0 saturated carbocycles. The summed E-state index contributed by atoms with van der Waals surface area (Å²) in [5, 5.41) is 11.7. The van der Waals surface area contributed by atoms with Crippen molar-refractivity contribution in [2.45, 2.75) is 4.90 Å². The van der Waals surface area contributed by atoms with Gasteiger partial charge in [-0.05, 0) is 48.5 Å². The molecule has 0 bridgehead atoms. The van der Waals surface area contributed by atoms with Crippen LogP contribution in [0.25, 0.3) is 0 Å². The predicted molar refractivity (Wildman–Crippen MR) is 131 cm³/mol. The molecule has 0 aliphatic heterocycles. The van der Waals surface area contributed by atoms with Gasteiger partial charge in [0.25, 0.3) is 0 Å². The lowest BCUT2D eigenvalue weighted by atomic mass is 10.1. The van der Waals surface area contributed by atoms with Crippen molar-refractivity contribution in [3.8, 4) is 17.6 Å². The van der Waals surface area contributed by atoms with E-state index in [-0.39, 0.29) is 22.8 Å². The van der Waals surface area contributed by atoms with Gasteiger partial charge in [-0.15, -0.1) is 11.8 Å². The van der Waals surface area contributed by atoms with Crippen molar-refractivity contribution in [2.75, 3.05) is 31.9 Å². The van der Waals surface area contributed by atoms with Gasteiger partial charge in [-0.1, -0.05) is 18.2 Å². The molecule has 0 unspecified atom stereocenters. The summed E-state index contributed by atoms with van der Waals surface area (Å²) in [6, 6.07) is 20.0. The number of nitrogens with zero attached hydrogens (tertiary/aromatic N) is 1. The summed E-state index contributed by atoms with van der Waals surface area (Å²) in [5.41, 5.74) is 1.42. The van der Waals surface area contributed by atoms with Crippen LogP contribution in [-0.4, -0.2) is 44.2 Å². The molecule has 0 radical (unpaired) electrons. The second kappa shape index (κ2) is 12.3. The SMILES string of the molecule is COc1ccc(OC)c(C(=O)COC(=O)c2ccccc2SCC(=O)Nc2cccc(C#N)c2)c1. The Balaban J connectivity index is 1.62. The molecular weight excluding hydrogens is 468 g/mol. The van der Waals surface area contributed by atoms with E-state index in [0.717, 1.165) is 11.8 Å². The first-order chi connectivity index (χ1) is 16.9. The predicted octanol–water partition coefficient (Wildman–Crippen LogP) is 4.35. The zero-order chi connectivity index (χ0) is 25.2. The maximum absolute atomic E-state index is 12.7. The average Bonchev–Trinajstić information content (AvgIpc) is 2.90. The van der Waals surface area contributed by atoms with Gasteiger partial charge in [0, 0.05) is 10.6 Å². The molecule has 3 rings (SSSR count). The Kier molecular flexibility index (Phi) is 8.87. The number of carbonyl (C=O) groups excluding carboxylic acids is 3. The van der Waals surface area contributed by atoms with E-state index in [9.17, 15) is 14.4 Å². The van der Waals surface area contributed by atoms with Gasteiger partial charge in [0.05, 0.1) is 42.7 Å². The molecule has 0 aliphatic carbocycles. The van der Waals surface area contributed by atoms with Crippen molar-refractivity contribution in [2.24, 2.45) is 0 Å². The number of esters is 1. The third-order valence-electron chi connectivity index (χ3n) is 4.78. The molecule has 35 heavy (non-hydrogen) atoms. The number of nitriles is 1. The minimum Gasteiger partial charge on any atom is -0.497 e. The Morgan fingerprint density at radius 1 is 0.943 bits per heavy atom. The normalized spacial score (nSPS) is 10.1. The minimum atomic E-state index is -0.689. The number of methoxy groups -OCH3 is 2. The first kappa shape index (κ1) is 25.3. The summed E-state index contributed by atoms with van der Waals surface area (Å²) in [5.74, 6) is -0.590. The molecule has 0 fully saturated rings. The molecular formula is C26H22N2O6S. The standard InChI is InChI=1S/C26H22N2O6S/c1-32-19-10-11-23(33-2)21(13-19)22(29)15-34-26(31)20-8-3-4-9-24(20)35-16-25(30)28-18-7-5-6-17(12-18)14-27/h3-13H,15-16H2,1-2H3,(H,28,30). The quantitative estimate of drug-likeness (QED) is 0.253. The average molecular weight is 491 g/mol. The second-order valence-corrected chi connectivity index (χ2v) is 8.11. The van der Waals surface area contributed by atoms with Crippen LogP contribution >= 0.6 is 11.8 Å². The van der Waals surface area contributed by atoms with Gasteiger partial charge in [-0.3, -0.25) is 9.59 Å².